The summed E-state index contributed by atoms with van der Waals surface area (Å²) in [5.74, 6) is 0.474. The van der Waals surface area contributed by atoms with Crippen LogP contribution in [0.15, 0.2) is 24.3 Å². The maximum absolute atomic E-state index is 11.7. The molecule has 0 bridgehead atoms. The largest absolute Gasteiger partial charge is 0.346 e. The molecule has 2 unspecified atom stereocenters. The molecule has 0 aromatic heterocycles. The van der Waals surface area contributed by atoms with Crippen LogP contribution in [0.2, 0.25) is 5.02 Å². The molecule has 2 atom stereocenters. The number of benzene rings is 1. The Hall–Kier alpha value is -0.340. The number of hydrogen-bond acceptors (Lipinski definition) is 2. The summed E-state index contributed by atoms with van der Waals surface area (Å²) in [6.07, 6.45) is 7.85. The maximum Gasteiger partial charge on any atom is 0.192 e. The van der Waals surface area contributed by atoms with Gasteiger partial charge in [-0.1, -0.05) is 43.0 Å². The van der Waals surface area contributed by atoms with Gasteiger partial charge in [-0.15, -0.1) is 0 Å². The van der Waals surface area contributed by atoms with Crippen molar-refractivity contribution < 1.29 is 9.46 Å². The van der Waals surface area contributed by atoms with Gasteiger partial charge in [0.2, 0.25) is 0 Å². The van der Waals surface area contributed by atoms with Gasteiger partial charge in [-0.05, 0) is 55.8 Å². The predicted octanol–water partition coefficient (Wildman–Crippen LogP) is 4.63. The van der Waals surface area contributed by atoms with E-state index in [1.807, 2.05) is 24.3 Å². The number of rotatable bonds is 8. The van der Waals surface area contributed by atoms with Gasteiger partial charge >= 0.3 is 0 Å². The van der Waals surface area contributed by atoms with Crippen LogP contribution in [0.4, 0.5) is 0 Å². The maximum atomic E-state index is 11.7. The van der Waals surface area contributed by atoms with Crippen LogP contribution in [0.3, 0.4) is 0 Å². The highest BCUT2D eigenvalue weighted by Crippen LogP contribution is 2.39. The minimum Gasteiger partial charge on any atom is -0.346 e. The summed E-state index contributed by atoms with van der Waals surface area (Å²) in [6, 6.07) is 7.84. The second kappa shape index (κ2) is 9.72. The molecule has 3 nitrogen and oxygen atoms in total. The zero-order valence-electron chi connectivity index (χ0n) is 13.1. The van der Waals surface area contributed by atoms with Crippen LogP contribution in [-0.4, -0.2) is 17.1 Å². The van der Waals surface area contributed by atoms with Crippen LogP contribution in [0.25, 0.3) is 0 Å². The smallest absolute Gasteiger partial charge is 0.192 e. The molecule has 2 rings (SSSR count). The normalized spacial score (nSPS) is 19.0. The number of halogens is 1. The van der Waals surface area contributed by atoms with E-state index in [9.17, 15) is 9.46 Å². The van der Waals surface area contributed by atoms with Crippen molar-refractivity contribution in [2.24, 2.45) is 5.92 Å². The highest BCUT2D eigenvalue weighted by Gasteiger charge is 2.26. The Balaban J connectivity index is 1.67. The summed E-state index contributed by atoms with van der Waals surface area (Å²) in [5, 5.41) is 4.16. The molecule has 1 saturated carbocycles. The van der Waals surface area contributed by atoms with Crippen molar-refractivity contribution in [3.8, 4) is 0 Å². The van der Waals surface area contributed by atoms with E-state index in [1.54, 1.807) is 0 Å². The molecule has 22 heavy (non-hydrogen) atoms. The molecule has 0 aliphatic heterocycles. The van der Waals surface area contributed by atoms with Crippen LogP contribution in [0.1, 0.15) is 50.5 Å². The Kier molecular flexibility index (Phi) is 7.96. The van der Waals surface area contributed by atoms with Crippen LogP contribution < -0.4 is 5.32 Å². The standard InChI is InChI=1S/C17H27ClNO2P/c18-16-10-8-14(9-11-16)13-19-12-4-7-17(22(20)21)15-5-2-1-3-6-15/h8-11,15,17,19,22H,1-7,12-13H2,(H,20,21). The van der Waals surface area contributed by atoms with Crippen molar-refractivity contribution in [3.63, 3.8) is 0 Å². The Bertz CT molecular complexity index is 460. The van der Waals surface area contributed by atoms with E-state index < -0.39 is 8.03 Å². The van der Waals surface area contributed by atoms with Crippen molar-refractivity contribution in [3.05, 3.63) is 34.9 Å². The second-order valence-electron chi connectivity index (χ2n) is 6.29. The number of nitrogens with one attached hydrogen (secondary N) is 1. The lowest BCUT2D eigenvalue weighted by atomic mass is 9.85. The highest BCUT2D eigenvalue weighted by atomic mass is 35.5. The predicted molar refractivity (Wildman–Crippen MR) is 94.0 cm³/mol. The van der Waals surface area contributed by atoms with Crippen molar-refractivity contribution in [2.45, 2.75) is 57.1 Å². The van der Waals surface area contributed by atoms with E-state index in [2.05, 4.69) is 5.32 Å². The molecule has 1 aliphatic rings. The molecule has 1 fully saturated rings. The minimum atomic E-state index is -2.41. The quantitative estimate of drug-likeness (QED) is 0.534. The van der Waals surface area contributed by atoms with E-state index in [0.29, 0.717) is 5.92 Å². The Morgan fingerprint density at radius 1 is 1.23 bits per heavy atom. The Morgan fingerprint density at radius 2 is 1.91 bits per heavy atom. The first-order chi connectivity index (χ1) is 10.7. The topological polar surface area (TPSA) is 49.3 Å². The van der Waals surface area contributed by atoms with Gasteiger partial charge in [-0.3, -0.25) is 4.57 Å². The lowest BCUT2D eigenvalue weighted by molar-refractivity contribution is 0.319. The van der Waals surface area contributed by atoms with Crippen molar-refractivity contribution in [1.29, 1.82) is 0 Å². The summed E-state index contributed by atoms with van der Waals surface area (Å²) in [4.78, 5) is 9.64. The molecule has 1 aliphatic carbocycles. The monoisotopic (exact) mass is 343 g/mol. The lowest BCUT2D eigenvalue weighted by Gasteiger charge is -2.28. The molecule has 2 N–H and O–H groups in total. The zero-order chi connectivity index (χ0) is 15.8. The molecule has 0 heterocycles. The first-order valence-electron chi connectivity index (χ1n) is 8.35. The van der Waals surface area contributed by atoms with Crippen LogP contribution in [0, 0.1) is 5.92 Å². The average molecular weight is 344 g/mol. The number of hydrogen-bond donors (Lipinski definition) is 2. The molecule has 0 spiro atoms. The van der Waals surface area contributed by atoms with Gasteiger partial charge in [0.1, 0.15) is 0 Å². The fourth-order valence-electron chi connectivity index (χ4n) is 3.38. The summed E-state index contributed by atoms with van der Waals surface area (Å²) in [7, 11) is -2.41. The second-order valence-corrected chi connectivity index (χ2v) is 8.14. The molecule has 0 amide bonds. The average Bonchev–Trinajstić information content (AvgIpc) is 2.53. The molecule has 5 heteroatoms. The minimum absolute atomic E-state index is 0.0302. The van der Waals surface area contributed by atoms with Crippen LogP contribution >= 0.6 is 19.6 Å². The zero-order valence-corrected chi connectivity index (χ0v) is 14.8. The van der Waals surface area contributed by atoms with E-state index >= 15 is 0 Å². The molecule has 1 aromatic carbocycles. The summed E-state index contributed by atoms with van der Waals surface area (Å²) in [5.41, 5.74) is 1.24. The van der Waals surface area contributed by atoms with Gasteiger partial charge in [0, 0.05) is 17.2 Å². The van der Waals surface area contributed by atoms with Crippen molar-refractivity contribution in [1.82, 2.24) is 5.32 Å². The first-order valence-corrected chi connectivity index (χ1v) is 10.2. The van der Waals surface area contributed by atoms with Gasteiger partial charge in [0.25, 0.3) is 0 Å². The van der Waals surface area contributed by atoms with Crippen LogP contribution in [0.5, 0.6) is 0 Å². The molecule has 0 saturated heterocycles. The highest BCUT2D eigenvalue weighted by molar-refractivity contribution is 7.38. The molecule has 124 valence electrons. The third-order valence-electron chi connectivity index (χ3n) is 4.65. The van der Waals surface area contributed by atoms with Crippen LogP contribution in [-0.2, 0) is 11.1 Å². The SMILES string of the molecule is O=[PH](O)C(CCCNCc1ccc(Cl)cc1)C1CCCCC1. The Morgan fingerprint density at radius 3 is 2.55 bits per heavy atom. The van der Waals surface area contributed by atoms with Crippen molar-refractivity contribution in [2.75, 3.05) is 6.54 Å². The van der Waals surface area contributed by atoms with E-state index in [4.69, 9.17) is 11.6 Å². The third kappa shape index (κ3) is 6.04. The van der Waals surface area contributed by atoms with E-state index in [1.165, 1.54) is 24.8 Å². The van der Waals surface area contributed by atoms with Gasteiger partial charge in [-0.2, -0.15) is 0 Å². The lowest BCUT2D eigenvalue weighted by Crippen LogP contribution is -2.22. The summed E-state index contributed by atoms with van der Waals surface area (Å²) < 4.78 is 11.7. The molecule has 1 aromatic rings. The molecular formula is C17H27ClNO2P. The molecule has 0 radical (unpaired) electrons. The van der Waals surface area contributed by atoms with Crippen molar-refractivity contribution >= 4 is 19.6 Å². The van der Waals surface area contributed by atoms with Gasteiger partial charge in [-0.25, -0.2) is 0 Å². The fourth-order valence-corrected chi connectivity index (χ4v) is 4.69. The van der Waals surface area contributed by atoms with E-state index in [0.717, 1.165) is 43.8 Å². The van der Waals surface area contributed by atoms with Gasteiger partial charge in [0.15, 0.2) is 8.03 Å². The third-order valence-corrected chi connectivity index (χ3v) is 6.29. The van der Waals surface area contributed by atoms with E-state index in [-0.39, 0.29) is 5.66 Å². The first kappa shape index (κ1) is 18.0. The fraction of sp³-hybridized carbons (Fsp3) is 0.647. The molecular weight excluding hydrogens is 317 g/mol. The summed E-state index contributed by atoms with van der Waals surface area (Å²) in [6.45, 7) is 1.71. The van der Waals surface area contributed by atoms with Gasteiger partial charge in [0.05, 0.1) is 0 Å². The summed E-state index contributed by atoms with van der Waals surface area (Å²) >= 11 is 5.86. The van der Waals surface area contributed by atoms with Gasteiger partial charge < -0.3 is 10.2 Å². The Labute approximate surface area is 139 Å².